The van der Waals surface area contributed by atoms with Crippen LogP contribution in [-0.2, 0) is 13.5 Å². The average molecular weight is 325 g/mol. The van der Waals surface area contributed by atoms with Crippen LogP contribution in [0.3, 0.4) is 0 Å². The fourth-order valence-corrected chi connectivity index (χ4v) is 2.66. The van der Waals surface area contributed by atoms with Gasteiger partial charge >= 0.3 is 0 Å². The number of hydrogen-bond acceptors (Lipinski definition) is 6. The summed E-state index contributed by atoms with van der Waals surface area (Å²) < 4.78 is 1.70. The number of nitrogen functional groups attached to an aromatic ring is 1. The highest BCUT2D eigenvalue weighted by atomic mass is 15.3. The molecular weight excluding hydrogens is 302 g/mol. The molecule has 3 rings (SSSR count). The van der Waals surface area contributed by atoms with E-state index in [1.54, 1.807) is 10.9 Å². The number of benzene rings is 1. The van der Waals surface area contributed by atoms with E-state index in [0.717, 1.165) is 24.0 Å². The van der Waals surface area contributed by atoms with E-state index < -0.39 is 0 Å². The molecule has 0 spiro atoms. The van der Waals surface area contributed by atoms with Gasteiger partial charge in [-0.05, 0) is 26.1 Å². The van der Waals surface area contributed by atoms with Crippen molar-refractivity contribution in [1.29, 1.82) is 0 Å². The Morgan fingerprint density at radius 3 is 2.67 bits per heavy atom. The summed E-state index contributed by atoms with van der Waals surface area (Å²) in [7, 11) is 6.00. The minimum atomic E-state index is 0.319. The second-order valence-corrected chi connectivity index (χ2v) is 6.13. The fraction of sp³-hybridized carbons (Fsp3) is 0.353. The summed E-state index contributed by atoms with van der Waals surface area (Å²) in [6, 6.07) is 10.8. The Balaban J connectivity index is 1.74. The van der Waals surface area contributed by atoms with Crippen molar-refractivity contribution in [3.63, 3.8) is 0 Å². The predicted octanol–water partition coefficient (Wildman–Crippen LogP) is 1.53. The molecule has 1 unspecified atom stereocenters. The van der Waals surface area contributed by atoms with Gasteiger partial charge in [0.05, 0.1) is 11.6 Å². The van der Waals surface area contributed by atoms with E-state index >= 15 is 0 Å². The van der Waals surface area contributed by atoms with Crippen LogP contribution < -0.4 is 11.1 Å². The molecule has 0 saturated carbocycles. The average Bonchev–Trinajstić information content (AvgIpc) is 2.94. The van der Waals surface area contributed by atoms with Crippen molar-refractivity contribution in [1.82, 2.24) is 24.6 Å². The predicted molar refractivity (Wildman–Crippen MR) is 96.8 cm³/mol. The van der Waals surface area contributed by atoms with Gasteiger partial charge in [0.2, 0.25) is 5.95 Å². The lowest BCUT2D eigenvalue weighted by atomic mass is 10.1. The van der Waals surface area contributed by atoms with Crippen LogP contribution in [0.25, 0.3) is 11.0 Å². The van der Waals surface area contributed by atoms with Gasteiger partial charge in [-0.15, -0.1) is 0 Å². The molecule has 2 heterocycles. The van der Waals surface area contributed by atoms with E-state index in [1.807, 2.05) is 13.1 Å². The normalized spacial score (nSPS) is 12.7. The van der Waals surface area contributed by atoms with Crippen LogP contribution in [0.2, 0.25) is 0 Å². The third-order valence-corrected chi connectivity index (χ3v) is 4.16. The van der Waals surface area contributed by atoms with Crippen LogP contribution in [0, 0.1) is 0 Å². The van der Waals surface area contributed by atoms with Crippen molar-refractivity contribution in [3.8, 4) is 0 Å². The summed E-state index contributed by atoms with van der Waals surface area (Å²) >= 11 is 0. The lowest BCUT2D eigenvalue weighted by Gasteiger charge is -2.24. The van der Waals surface area contributed by atoms with Gasteiger partial charge in [0.15, 0.2) is 5.65 Å². The molecule has 0 aliphatic rings. The van der Waals surface area contributed by atoms with Crippen LogP contribution in [0.4, 0.5) is 11.8 Å². The molecule has 1 atom stereocenters. The van der Waals surface area contributed by atoms with Crippen LogP contribution >= 0.6 is 0 Å². The lowest BCUT2D eigenvalue weighted by molar-refractivity contribution is 0.303. The third kappa shape index (κ3) is 3.46. The first-order chi connectivity index (χ1) is 11.5. The first-order valence-corrected chi connectivity index (χ1v) is 7.94. The van der Waals surface area contributed by atoms with Crippen molar-refractivity contribution in [2.24, 2.45) is 7.05 Å². The number of fused-ring (bicyclic) bond motifs is 1. The highest BCUT2D eigenvalue weighted by Gasteiger charge is 2.14. The van der Waals surface area contributed by atoms with E-state index in [1.165, 1.54) is 5.56 Å². The van der Waals surface area contributed by atoms with Gasteiger partial charge in [-0.3, -0.25) is 4.68 Å². The van der Waals surface area contributed by atoms with Crippen molar-refractivity contribution in [3.05, 3.63) is 42.1 Å². The van der Waals surface area contributed by atoms with E-state index in [9.17, 15) is 0 Å². The number of nitrogens with zero attached hydrogens (tertiary/aromatic N) is 5. The Hall–Kier alpha value is -2.67. The molecule has 0 amide bonds. The van der Waals surface area contributed by atoms with Crippen molar-refractivity contribution in [2.75, 3.05) is 31.7 Å². The summed E-state index contributed by atoms with van der Waals surface area (Å²) in [5.41, 5.74) is 8.04. The Kier molecular flexibility index (Phi) is 4.61. The molecule has 7 nitrogen and oxygen atoms in total. The van der Waals surface area contributed by atoms with E-state index in [0.29, 0.717) is 17.8 Å². The highest BCUT2D eigenvalue weighted by Crippen LogP contribution is 2.18. The molecule has 24 heavy (non-hydrogen) atoms. The molecule has 3 aromatic rings. The summed E-state index contributed by atoms with van der Waals surface area (Å²) in [6.07, 6.45) is 2.64. The van der Waals surface area contributed by atoms with E-state index in [2.05, 4.69) is 63.6 Å². The lowest BCUT2D eigenvalue weighted by Crippen LogP contribution is -2.36. The van der Waals surface area contributed by atoms with E-state index in [4.69, 9.17) is 5.73 Å². The molecule has 0 bridgehead atoms. The molecule has 0 fully saturated rings. The second-order valence-electron chi connectivity index (χ2n) is 6.13. The van der Waals surface area contributed by atoms with Gasteiger partial charge in [0, 0.05) is 19.6 Å². The standard InChI is InChI=1S/C17H23N7/c1-23(2)13(9-12-7-5-4-6-8-12)10-19-17-21-15(18)14-11-20-24(3)16(14)22-17/h4-8,11,13H,9-10H2,1-3H3,(H3,18,19,21,22). The molecule has 0 saturated heterocycles. The highest BCUT2D eigenvalue weighted by molar-refractivity contribution is 5.86. The largest absolute Gasteiger partial charge is 0.383 e. The Morgan fingerprint density at radius 2 is 1.96 bits per heavy atom. The summed E-state index contributed by atoms with van der Waals surface area (Å²) in [6.45, 7) is 0.727. The quantitative estimate of drug-likeness (QED) is 0.715. The summed E-state index contributed by atoms with van der Waals surface area (Å²) in [4.78, 5) is 11.1. The van der Waals surface area contributed by atoms with Crippen molar-refractivity contribution >= 4 is 22.8 Å². The van der Waals surface area contributed by atoms with Crippen LogP contribution in [-0.4, -0.2) is 51.3 Å². The minimum Gasteiger partial charge on any atom is -0.383 e. The molecular formula is C17H23N7. The topological polar surface area (TPSA) is 84.9 Å². The van der Waals surface area contributed by atoms with E-state index in [-0.39, 0.29) is 0 Å². The number of hydrogen-bond donors (Lipinski definition) is 2. The van der Waals surface area contributed by atoms with Gasteiger partial charge < -0.3 is 16.0 Å². The zero-order valence-corrected chi connectivity index (χ0v) is 14.3. The molecule has 0 aliphatic carbocycles. The maximum absolute atomic E-state index is 6.01. The number of anilines is 2. The minimum absolute atomic E-state index is 0.319. The summed E-state index contributed by atoms with van der Waals surface area (Å²) in [5, 5.41) is 8.26. The van der Waals surface area contributed by atoms with Gasteiger partial charge in [-0.25, -0.2) is 0 Å². The maximum atomic E-state index is 6.01. The number of nitrogens with one attached hydrogen (secondary N) is 1. The Bertz CT molecular complexity index is 810. The first-order valence-electron chi connectivity index (χ1n) is 7.94. The molecule has 7 heteroatoms. The smallest absolute Gasteiger partial charge is 0.226 e. The monoisotopic (exact) mass is 325 g/mol. The van der Waals surface area contributed by atoms with Crippen molar-refractivity contribution in [2.45, 2.75) is 12.5 Å². The number of nitrogens with two attached hydrogens (primary N) is 1. The van der Waals surface area contributed by atoms with Gasteiger partial charge in [-0.2, -0.15) is 15.1 Å². The SMILES string of the molecule is CN(C)C(CNc1nc(N)c2cnn(C)c2n1)Cc1ccccc1. The third-order valence-electron chi connectivity index (χ3n) is 4.16. The molecule has 1 aromatic carbocycles. The van der Waals surface area contributed by atoms with Gasteiger partial charge in [0.1, 0.15) is 5.82 Å². The summed E-state index contributed by atoms with van der Waals surface area (Å²) in [5.74, 6) is 0.976. The number of likely N-dealkylation sites (N-methyl/N-ethyl adjacent to an activating group) is 1. The second kappa shape index (κ2) is 6.84. The molecule has 0 radical (unpaired) electrons. The van der Waals surface area contributed by atoms with Crippen LogP contribution in [0.1, 0.15) is 5.56 Å². The number of aromatic nitrogens is 4. The zero-order chi connectivity index (χ0) is 17.1. The Morgan fingerprint density at radius 1 is 1.21 bits per heavy atom. The zero-order valence-electron chi connectivity index (χ0n) is 14.3. The number of rotatable bonds is 6. The van der Waals surface area contributed by atoms with Gasteiger partial charge in [0.25, 0.3) is 0 Å². The van der Waals surface area contributed by atoms with Crippen LogP contribution in [0.5, 0.6) is 0 Å². The van der Waals surface area contributed by atoms with Gasteiger partial charge in [-0.1, -0.05) is 30.3 Å². The maximum Gasteiger partial charge on any atom is 0.226 e. The molecule has 2 aromatic heterocycles. The van der Waals surface area contributed by atoms with Crippen LogP contribution in [0.15, 0.2) is 36.5 Å². The Labute approximate surface area is 141 Å². The fourth-order valence-electron chi connectivity index (χ4n) is 2.66. The first kappa shape index (κ1) is 16.2. The molecule has 3 N–H and O–H groups in total. The number of aryl methyl sites for hydroxylation is 1. The van der Waals surface area contributed by atoms with Crippen molar-refractivity contribution < 1.29 is 0 Å². The molecule has 0 aliphatic heterocycles. The molecule has 126 valence electrons.